The van der Waals surface area contributed by atoms with Crippen LogP contribution in [-0.4, -0.2) is 24.8 Å². The number of carbonyl (C=O) groups is 1. The number of hydrogen-bond acceptors (Lipinski definition) is 4. The van der Waals surface area contributed by atoms with Gasteiger partial charge in [0.05, 0.1) is 18.7 Å². The summed E-state index contributed by atoms with van der Waals surface area (Å²) in [6.45, 7) is 0. The highest BCUT2D eigenvalue weighted by atomic mass is 35.5. The molecule has 104 valence electrons. The molecule has 2 N–H and O–H groups in total. The summed E-state index contributed by atoms with van der Waals surface area (Å²) in [5, 5.41) is 0. The molecule has 0 amide bonds. The third kappa shape index (κ3) is 3.19. The summed E-state index contributed by atoms with van der Waals surface area (Å²) in [5.74, 6) is 0.766. The van der Waals surface area contributed by atoms with E-state index in [9.17, 15) is 4.79 Å². The lowest BCUT2D eigenvalue weighted by Crippen LogP contribution is -2.12. The average molecular weight is 293 g/mol. The standard InChI is InChI=1S/C14H13ClN2O3/c1-19-14(18)12-7-6-11(20-12)9-2-4-10(5-3-9)17-13(16)8-15/h2-7H,8H2,1H3,(H2,16,17). The number of nitrogens with zero attached hydrogens (tertiary/aromatic N) is 1. The van der Waals surface area contributed by atoms with Crippen molar-refractivity contribution in [2.24, 2.45) is 10.7 Å². The molecular weight excluding hydrogens is 280 g/mol. The Morgan fingerprint density at radius 1 is 1.30 bits per heavy atom. The van der Waals surface area contributed by atoms with Crippen LogP contribution in [0.1, 0.15) is 10.6 Å². The van der Waals surface area contributed by atoms with E-state index in [1.54, 1.807) is 24.3 Å². The third-order valence-corrected chi connectivity index (χ3v) is 2.83. The molecule has 2 rings (SSSR count). The number of methoxy groups -OCH3 is 1. The van der Waals surface area contributed by atoms with Crippen LogP contribution in [0.25, 0.3) is 11.3 Å². The Hall–Kier alpha value is -2.27. The number of benzene rings is 1. The molecule has 6 heteroatoms. The first kappa shape index (κ1) is 14.1. The van der Waals surface area contributed by atoms with E-state index in [0.29, 0.717) is 17.3 Å². The van der Waals surface area contributed by atoms with E-state index in [0.717, 1.165) is 5.56 Å². The monoisotopic (exact) mass is 292 g/mol. The molecule has 0 aliphatic rings. The van der Waals surface area contributed by atoms with Crippen molar-refractivity contribution < 1.29 is 13.9 Å². The molecule has 5 nitrogen and oxygen atoms in total. The van der Waals surface area contributed by atoms with E-state index < -0.39 is 5.97 Å². The summed E-state index contributed by atoms with van der Waals surface area (Å²) in [6.07, 6.45) is 0. The van der Waals surface area contributed by atoms with Crippen molar-refractivity contribution in [2.45, 2.75) is 0 Å². The Balaban J connectivity index is 2.22. The summed E-state index contributed by atoms with van der Waals surface area (Å²) in [7, 11) is 1.30. The molecule has 0 fully saturated rings. The highest BCUT2D eigenvalue weighted by molar-refractivity contribution is 6.28. The predicted molar refractivity (Wildman–Crippen MR) is 77.5 cm³/mol. The highest BCUT2D eigenvalue weighted by Gasteiger charge is 2.11. The molecule has 0 saturated heterocycles. The molecule has 0 radical (unpaired) electrons. The maximum Gasteiger partial charge on any atom is 0.373 e. The van der Waals surface area contributed by atoms with Crippen LogP contribution < -0.4 is 5.73 Å². The highest BCUT2D eigenvalue weighted by Crippen LogP contribution is 2.25. The fraction of sp³-hybridized carbons (Fsp3) is 0.143. The molecule has 20 heavy (non-hydrogen) atoms. The van der Waals surface area contributed by atoms with E-state index in [1.165, 1.54) is 7.11 Å². The van der Waals surface area contributed by atoms with Crippen molar-refractivity contribution in [1.82, 2.24) is 0 Å². The maximum absolute atomic E-state index is 11.3. The number of hydrogen-bond donors (Lipinski definition) is 1. The Morgan fingerprint density at radius 3 is 2.60 bits per heavy atom. The number of esters is 1. The van der Waals surface area contributed by atoms with Crippen molar-refractivity contribution in [3.05, 3.63) is 42.2 Å². The second-order valence-electron chi connectivity index (χ2n) is 3.94. The fourth-order valence-corrected chi connectivity index (χ4v) is 1.66. The molecule has 0 aliphatic carbocycles. The molecule has 0 atom stereocenters. The number of furan rings is 1. The van der Waals surface area contributed by atoms with Gasteiger partial charge < -0.3 is 14.9 Å². The van der Waals surface area contributed by atoms with Crippen molar-refractivity contribution in [3.8, 4) is 11.3 Å². The van der Waals surface area contributed by atoms with Crippen molar-refractivity contribution in [2.75, 3.05) is 13.0 Å². The van der Waals surface area contributed by atoms with Crippen LogP contribution >= 0.6 is 11.6 Å². The second-order valence-corrected chi connectivity index (χ2v) is 4.21. The van der Waals surface area contributed by atoms with Gasteiger partial charge in [-0.15, -0.1) is 11.6 Å². The number of aliphatic imine (C=N–C) groups is 1. The molecule has 0 spiro atoms. The lowest BCUT2D eigenvalue weighted by molar-refractivity contribution is 0.0566. The molecule has 0 bridgehead atoms. The minimum Gasteiger partial charge on any atom is -0.463 e. The maximum atomic E-state index is 11.3. The van der Waals surface area contributed by atoms with Gasteiger partial charge in [0.15, 0.2) is 0 Å². The van der Waals surface area contributed by atoms with Crippen LogP contribution in [0.15, 0.2) is 45.8 Å². The van der Waals surface area contributed by atoms with E-state index in [1.807, 2.05) is 12.1 Å². The minimum atomic E-state index is -0.507. The number of nitrogens with two attached hydrogens (primary N) is 1. The number of rotatable bonds is 4. The van der Waals surface area contributed by atoms with Gasteiger partial charge in [0.1, 0.15) is 11.6 Å². The predicted octanol–water partition coefficient (Wildman–Crippen LogP) is 2.96. The van der Waals surface area contributed by atoms with Gasteiger partial charge in [-0.25, -0.2) is 9.79 Å². The van der Waals surface area contributed by atoms with Crippen molar-refractivity contribution in [1.29, 1.82) is 0 Å². The van der Waals surface area contributed by atoms with E-state index in [4.69, 9.17) is 21.8 Å². The summed E-state index contributed by atoms with van der Waals surface area (Å²) in [5.41, 5.74) is 7.08. The molecular formula is C14H13ClN2O3. The Morgan fingerprint density at radius 2 is 2.00 bits per heavy atom. The average Bonchev–Trinajstić information content (AvgIpc) is 2.97. The summed E-state index contributed by atoms with van der Waals surface area (Å²) >= 11 is 5.56. The van der Waals surface area contributed by atoms with Gasteiger partial charge in [-0.2, -0.15) is 0 Å². The number of amidine groups is 1. The smallest absolute Gasteiger partial charge is 0.373 e. The summed E-state index contributed by atoms with van der Waals surface area (Å²) in [4.78, 5) is 15.4. The topological polar surface area (TPSA) is 77.8 Å². The molecule has 0 unspecified atom stereocenters. The molecule has 1 aromatic carbocycles. The SMILES string of the molecule is COC(=O)c1ccc(-c2ccc(N=C(N)CCl)cc2)o1. The van der Waals surface area contributed by atoms with E-state index in [2.05, 4.69) is 9.73 Å². The number of alkyl halides is 1. The summed E-state index contributed by atoms with van der Waals surface area (Å²) in [6, 6.07) is 10.5. The Labute approximate surface area is 121 Å². The molecule has 0 aliphatic heterocycles. The first-order valence-electron chi connectivity index (χ1n) is 5.81. The van der Waals surface area contributed by atoms with Crippen molar-refractivity contribution in [3.63, 3.8) is 0 Å². The van der Waals surface area contributed by atoms with Crippen molar-refractivity contribution >= 4 is 29.1 Å². The van der Waals surface area contributed by atoms with Gasteiger partial charge in [-0.05, 0) is 36.4 Å². The van der Waals surface area contributed by atoms with Gasteiger partial charge in [0.2, 0.25) is 5.76 Å². The third-order valence-electron chi connectivity index (χ3n) is 2.55. The van der Waals surface area contributed by atoms with Gasteiger partial charge >= 0.3 is 5.97 Å². The number of halogens is 1. The first-order valence-corrected chi connectivity index (χ1v) is 6.35. The minimum absolute atomic E-state index is 0.163. The fourth-order valence-electron chi connectivity index (χ4n) is 1.60. The quantitative estimate of drug-likeness (QED) is 0.407. The zero-order chi connectivity index (χ0) is 14.5. The van der Waals surface area contributed by atoms with Crippen LogP contribution in [0, 0.1) is 0 Å². The lowest BCUT2D eigenvalue weighted by Gasteiger charge is -1.99. The van der Waals surface area contributed by atoms with Crippen LogP contribution in [0.3, 0.4) is 0 Å². The second kappa shape index (κ2) is 6.25. The van der Waals surface area contributed by atoms with Crippen LogP contribution in [0.4, 0.5) is 5.69 Å². The van der Waals surface area contributed by atoms with Crippen LogP contribution in [0.2, 0.25) is 0 Å². The molecule has 2 aromatic rings. The zero-order valence-electron chi connectivity index (χ0n) is 10.8. The van der Waals surface area contributed by atoms with Gasteiger partial charge in [0.25, 0.3) is 0 Å². The molecule has 1 heterocycles. The largest absolute Gasteiger partial charge is 0.463 e. The Bertz CT molecular complexity index is 632. The van der Waals surface area contributed by atoms with Gasteiger partial charge in [0, 0.05) is 5.56 Å². The number of carbonyl (C=O) groups excluding carboxylic acids is 1. The van der Waals surface area contributed by atoms with E-state index >= 15 is 0 Å². The number of ether oxygens (including phenoxy) is 1. The van der Waals surface area contributed by atoms with Gasteiger partial charge in [-0.3, -0.25) is 0 Å². The summed E-state index contributed by atoms with van der Waals surface area (Å²) < 4.78 is 9.99. The van der Waals surface area contributed by atoms with Gasteiger partial charge in [-0.1, -0.05) is 0 Å². The van der Waals surface area contributed by atoms with Crippen LogP contribution in [0.5, 0.6) is 0 Å². The Kier molecular flexibility index (Phi) is 4.42. The molecule has 0 saturated carbocycles. The first-order chi connectivity index (χ1) is 9.63. The van der Waals surface area contributed by atoms with Crippen LogP contribution in [-0.2, 0) is 4.74 Å². The molecule has 1 aromatic heterocycles. The normalized spacial score (nSPS) is 11.4. The zero-order valence-corrected chi connectivity index (χ0v) is 11.6. The lowest BCUT2D eigenvalue weighted by atomic mass is 10.1. The van der Waals surface area contributed by atoms with E-state index in [-0.39, 0.29) is 11.6 Å².